The number of nitrogens with zero attached hydrogens (tertiary/aromatic N) is 4. The summed E-state index contributed by atoms with van der Waals surface area (Å²) in [7, 11) is -6.52. The zero-order chi connectivity index (χ0) is 30.5. The van der Waals surface area contributed by atoms with Crippen molar-refractivity contribution < 1.29 is 16.8 Å². The quantitative estimate of drug-likeness (QED) is 0.268. The average Bonchev–Trinajstić information content (AvgIpc) is 2.95. The molecule has 0 bridgehead atoms. The molecule has 0 radical (unpaired) electrons. The highest BCUT2D eigenvalue weighted by Crippen LogP contribution is 2.25. The summed E-state index contributed by atoms with van der Waals surface area (Å²) in [6.45, 7) is 10.3. The van der Waals surface area contributed by atoms with Gasteiger partial charge < -0.3 is 11.5 Å². The van der Waals surface area contributed by atoms with Crippen molar-refractivity contribution in [3.8, 4) is 22.5 Å². The van der Waals surface area contributed by atoms with Crippen LogP contribution in [0.15, 0.2) is 81.9 Å². The van der Waals surface area contributed by atoms with Crippen LogP contribution in [0.5, 0.6) is 0 Å². The van der Waals surface area contributed by atoms with Gasteiger partial charge in [-0.3, -0.25) is 0 Å². The number of aromatic nitrogens is 4. The maximum absolute atomic E-state index is 12.1. The number of nitrogens with two attached hydrogens (primary N) is 2. The minimum absolute atomic E-state index is 0.300. The van der Waals surface area contributed by atoms with E-state index in [-0.39, 0.29) is 0 Å². The van der Waals surface area contributed by atoms with Gasteiger partial charge in [0.05, 0.1) is 44.1 Å². The Bertz CT molecular complexity index is 1760. The Labute approximate surface area is 249 Å². The molecule has 0 unspecified atom stereocenters. The Morgan fingerprint density at radius 2 is 1.10 bits per heavy atom. The van der Waals surface area contributed by atoms with Gasteiger partial charge in [0.2, 0.25) is 0 Å². The minimum Gasteiger partial charge on any atom is -0.382 e. The van der Waals surface area contributed by atoms with Crippen molar-refractivity contribution in [1.82, 2.24) is 19.9 Å². The van der Waals surface area contributed by atoms with Crippen LogP contribution >= 0.6 is 15.9 Å². The maximum Gasteiger partial charge on any atom is 0.180 e. The molecule has 2 aromatic carbocycles. The third kappa shape index (κ3) is 7.34. The SMILES string of the molecule is C=Cc1nc(-c2ccc(S(=O)(=O)C(C)C)cc2)cnc1N.CC(C)S(=O)(=O)c1ccc(-c2cnc(N)c(Br)n2)cc1. The van der Waals surface area contributed by atoms with E-state index in [1.54, 1.807) is 88.6 Å². The Hall–Kier alpha value is -3.68. The number of hydrogen-bond donors (Lipinski definition) is 2. The van der Waals surface area contributed by atoms with Crippen molar-refractivity contribution in [1.29, 1.82) is 0 Å². The van der Waals surface area contributed by atoms with Crippen molar-refractivity contribution >= 4 is 53.3 Å². The number of nitrogen functional groups attached to an aromatic ring is 2. The van der Waals surface area contributed by atoms with Gasteiger partial charge in [0.25, 0.3) is 0 Å². The molecule has 2 heterocycles. The highest BCUT2D eigenvalue weighted by molar-refractivity contribution is 9.10. The van der Waals surface area contributed by atoms with E-state index < -0.39 is 30.2 Å². The van der Waals surface area contributed by atoms with E-state index in [1.165, 1.54) is 6.08 Å². The van der Waals surface area contributed by atoms with Crippen molar-refractivity contribution in [2.75, 3.05) is 11.5 Å². The predicted octanol–water partition coefficient (Wildman–Crippen LogP) is 5.22. The van der Waals surface area contributed by atoms with Crippen LogP contribution in [-0.4, -0.2) is 47.3 Å². The molecule has 0 aliphatic carbocycles. The number of rotatable bonds is 7. The van der Waals surface area contributed by atoms with Crippen LogP contribution in [-0.2, 0) is 19.7 Å². The average molecular weight is 660 g/mol. The van der Waals surface area contributed by atoms with Crippen LogP contribution < -0.4 is 11.5 Å². The smallest absolute Gasteiger partial charge is 0.180 e. The largest absolute Gasteiger partial charge is 0.382 e. The Kier molecular flexibility index (Phi) is 10.0. The van der Waals surface area contributed by atoms with Gasteiger partial charge >= 0.3 is 0 Å². The third-order valence-corrected chi connectivity index (χ3v) is 10.9. The number of anilines is 2. The molecular weight excluding hydrogens is 628 g/mol. The van der Waals surface area contributed by atoms with Gasteiger partial charge in [0.15, 0.2) is 25.5 Å². The zero-order valence-corrected chi connectivity index (χ0v) is 26.2. The number of benzene rings is 2. The number of hydrogen-bond acceptors (Lipinski definition) is 10. The second-order valence-corrected chi connectivity index (χ2v) is 15.2. The van der Waals surface area contributed by atoms with Crippen molar-refractivity contribution in [2.45, 2.75) is 48.0 Å². The molecule has 2 aromatic heterocycles. The summed E-state index contributed by atoms with van der Waals surface area (Å²) < 4.78 is 48.7. The molecule has 0 saturated carbocycles. The molecule has 0 saturated heterocycles. The summed E-state index contributed by atoms with van der Waals surface area (Å²) in [5.74, 6) is 0.625. The first kappa shape index (κ1) is 31.8. The summed E-state index contributed by atoms with van der Waals surface area (Å²) in [6, 6.07) is 13.2. The molecule has 0 fully saturated rings. The summed E-state index contributed by atoms with van der Waals surface area (Å²) >= 11 is 3.21. The van der Waals surface area contributed by atoms with E-state index in [0.29, 0.717) is 43.1 Å². The van der Waals surface area contributed by atoms with Gasteiger partial charge in [-0.2, -0.15) is 0 Å². The summed E-state index contributed by atoms with van der Waals surface area (Å²) in [6.07, 6.45) is 4.63. The molecule has 4 N–H and O–H groups in total. The van der Waals surface area contributed by atoms with Crippen LogP contribution in [0, 0.1) is 0 Å². The molecular formula is C28H31BrN6O4S2. The van der Waals surface area contributed by atoms with Gasteiger partial charge in [-0.05, 0) is 74.0 Å². The van der Waals surface area contributed by atoms with Crippen LogP contribution in [0.2, 0.25) is 0 Å². The van der Waals surface area contributed by atoms with E-state index in [0.717, 1.165) is 11.1 Å². The van der Waals surface area contributed by atoms with Crippen LogP contribution in [0.25, 0.3) is 28.6 Å². The molecule has 41 heavy (non-hydrogen) atoms. The van der Waals surface area contributed by atoms with Crippen molar-refractivity contribution in [3.63, 3.8) is 0 Å². The molecule has 0 atom stereocenters. The monoisotopic (exact) mass is 658 g/mol. The molecule has 0 spiro atoms. The second kappa shape index (κ2) is 12.9. The fraction of sp³-hybridized carbons (Fsp3) is 0.214. The Morgan fingerprint density at radius 1 is 0.707 bits per heavy atom. The standard InChI is InChI=1S/C15H17N3O2S.C13H14BrN3O2S/c1-4-13-15(16)17-9-14(18-13)11-5-7-12(8-6-11)21(19,20)10(2)3;1-8(2)20(18,19)10-5-3-9(4-6-10)11-7-16-13(15)12(14)17-11/h4-10H,1H2,2-3H3,(H2,16,17);3-8H,1-2H3,(H2,15,16). The normalized spacial score (nSPS) is 11.7. The summed E-state index contributed by atoms with van der Waals surface area (Å²) in [5.41, 5.74) is 14.5. The molecule has 0 aliphatic heterocycles. The number of halogens is 1. The predicted molar refractivity (Wildman–Crippen MR) is 166 cm³/mol. The van der Waals surface area contributed by atoms with Gasteiger partial charge in [-0.25, -0.2) is 36.8 Å². The van der Waals surface area contributed by atoms with Gasteiger partial charge in [0, 0.05) is 11.1 Å². The second-order valence-electron chi connectivity index (χ2n) is 9.40. The van der Waals surface area contributed by atoms with E-state index in [1.807, 2.05) is 0 Å². The lowest BCUT2D eigenvalue weighted by Crippen LogP contribution is -2.13. The Balaban J connectivity index is 0.000000226. The molecule has 4 rings (SSSR count). The lowest BCUT2D eigenvalue weighted by atomic mass is 10.1. The van der Waals surface area contributed by atoms with Gasteiger partial charge in [-0.1, -0.05) is 30.8 Å². The lowest BCUT2D eigenvalue weighted by Gasteiger charge is -2.09. The van der Waals surface area contributed by atoms with Crippen LogP contribution in [0.3, 0.4) is 0 Å². The van der Waals surface area contributed by atoms with Crippen LogP contribution in [0.4, 0.5) is 11.6 Å². The lowest BCUT2D eigenvalue weighted by molar-refractivity contribution is 0.586. The molecule has 13 heteroatoms. The molecule has 10 nitrogen and oxygen atoms in total. The molecule has 0 amide bonds. The topological polar surface area (TPSA) is 172 Å². The zero-order valence-electron chi connectivity index (χ0n) is 23.0. The van der Waals surface area contributed by atoms with Crippen molar-refractivity contribution in [3.05, 3.63) is 77.8 Å². The maximum atomic E-state index is 12.1. The highest BCUT2D eigenvalue weighted by Gasteiger charge is 2.20. The van der Waals surface area contributed by atoms with Gasteiger partial charge in [0.1, 0.15) is 16.1 Å². The summed E-state index contributed by atoms with van der Waals surface area (Å²) in [4.78, 5) is 17.2. The van der Waals surface area contributed by atoms with E-state index in [9.17, 15) is 16.8 Å². The first-order chi connectivity index (χ1) is 19.2. The van der Waals surface area contributed by atoms with Crippen LogP contribution in [0.1, 0.15) is 33.4 Å². The number of sulfone groups is 2. The fourth-order valence-electron chi connectivity index (χ4n) is 3.39. The van der Waals surface area contributed by atoms with Crippen molar-refractivity contribution in [2.24, 2.45) is 0 Å². The highest BCUT2D eigenvalue weighted by atomic mass is 79.9. The minimum atomic E-state index is -3.27. The first-order valence-corrected chi connectivity index (χ1v) is 16.3. The summed E-state index contributed by atoms with van der Waals surface area (Å²) in [5, 5.41) is -0.897. The first-order valence-electron chi connectivity index (χ1n) is 12.4. The molecule has 216 valence electrons. The Morgan fingerprint density at radius 3 is 1.46 bits per heavy atom. The third-order valence-electron chi connectivity index (χ3n) is 5.98. The fourth-order valence-corrected chi connectivity index (χ4v) is 5.80. The van der Waals surface area contributed by atoms with E-state index in [2.05, 4.69) is 42.4 Å². The van der Waals surface area contributed by atoms with E-state index in [4.69, 9.17) is 11.5 Å². The molecule has 4 aromatic rings. The van der Waals surface area contributed by atoms with Gasteiger partial charge in [-0.15, -0.1) is 0 Å². The van der Waals surface area contributed by atoms with E-state index >= 15 is 0 Å². The molecule has 0 aliphatic rings.